The number of esters is 2. The number of hydrogen-bond acceptors (Lipinski definition) is 6. The molecule has 3 aliphatic rings. The van der Waals surface area contributed by atoms with Gasteiger partial charge in [0.15, 0.2) is 5.41 Å². The van der Waals surface area contributed by atoms with Gasteiger partial charge in [0.25, 0.3) is 0 Å². The second-order valence-corrected chi connectivity index (χ2v) is 7.15. The minimum atomic E-state index is -1.02. The van der Waals surface area contributed by atoms with Crippen molar-refractivity contribution in [3.05, 3.63) is 42.0 Å². The normalized spacial score (nSPS) is 33.6. The summed E-state index contributed by atoms with van der Waals surface area (Å²) in [5.74, 6) is -1.09. The van der Waals surface area contributed by atoms with E-state index in [0.717, 1.165) is 11.1 Å². The molecule has 6 heteroatoms. The molecule has 2 aliphatic carbocycles. The number of fused-ring (bicyclic) bond motifs is 1. The van der Waals surface area contributed by atoms with E-state index in [1.807, 2.05) is 24.3 Å². The van der Waals surface area contributed by atoms with Crippen LogP contribution in [0, 0.1) is 28.6 Å². The van der Waals surface area contributed by atoms with E-state index in [1.54, 1.807) is 6.08 Å². The van der Waals surface area contributed by atoms with Crippen molar-refractivity contribution < 1.29 is 23.8 Å². The number of ether oxygens (including phenoxy) is 3. The minimum absolute atomic E-state index is 0.00602. The van der Waals surface area contributed by atoms with Crippen molar-refractivity contribution in [2.75, 3.05) is 6.61 Å². The van der Waals surface area contributed by atoms with Gasteiger partial charge in [-0.3, -0.25) is 4.79 Å². The summed E-state index contributed by atoms with van der Waals surface area (Å²) < 4.78 is 16.3. The van der Waals surface area contributed by atoms with Gasteiger partial charge in [0.05, 0.1) is 12.7 Å². The molecule has 0 N–H and O–H groups in total. The van der Waals surface area contributed by atoms with Crippen LogP contribution in [0.5, 0.6) is 0 Å². The first-order valence-electron chi connectivity index (χ1n) is 8.68. The average molecular weight is 353 g/mol. The maximum absolute atomic E-state index is 12.1. The summed E-state index contributed by atoms with van der Waals surface area (Å²) in [6, 6.07) is 9.82. The summed E-state index contributed by atoms with van der Waals surface area (Å²) in [4.78, 5) is 24.1. The number of rotatable bonds is 6. The Hall–Kier alpha value is -2.65. The fourth-order valence-electron chi connectivity index (χ4n) is 4.48. The van der Waals surface area contributed by atoms with Gasteiger partial charge in [0.2, 0.25) is 0 Å². The lowest BCUT2D eigenvalue weighted by Gasteiger charge is -2.27. The molecule has 4 rings (SSSR count). The fourth-order valence-corrected chi connectivity index (χ4v) is 4.48. The van der Waals surface area contributed by atoms with Crippen molar-refractivity contribution >= 4 is 18.0 Å². The Bertz CT molecular complexity index is 795. The van der Waals surface area contributed by atoms with Crippen LogP contribution in [0.2, 0.25) is 0 Å². The van der Waals surface area contributed by atoms with Crippen LogP contribution in [0.15, 0.2) is 30.8 Å². The van der Waals surface area contributed by atoms with Crippen molar-refractivity contribution in [3.8, 4) is 6.07 Å². The SMILES string of the molecule is C=Cc1ccc(COCC(=O)OC2C3CC4C2OC(=O)C4(C#N)C3)cc1. The first kappa shape index (κ1) is 16.8. The van der Waals surface area contributed by atoms with Gasteiger partial charge in [-0.25, -0.2) is 4.79 Å². The molecule has 2 bridgehead atoms. The topological polar surface area (TPSA) is 85.6 Å². The molecular formula is C20H19NO5. The summed E-state index contributed by atoms with van der Waals surface area (Å²) >= 11 is 0. The third-order valence-electron chi connectivity index (χ3n) is 5.74. The first-order valence-corrected chi connectivity index (χ1v) is 8.68. The van der Waals surface area contributed by atoms with E-state index < -0.39 is 29.6 Å². The van der Waals surface area contributed by atoms with Gasteiger partial charge < -0.3 is 14.2 Å². The minimum Gasteiger partial charge on any atom is -0.457 e. The van der Waals surface area contributed by atoms with Crippen LogP contribution in [-0.4, -0.2) is 30.8 Å². The lowest BCUT2D eigenvalue weighted by Crippen LogP contribution is -2.40. The molecule has 3 fully saturated rings. The van der Waals surface area contributed by atoms with Crippen molar-refractivity contribution in [1.82, 2.24) is 0 Å². The Morgan fingerprint density at radius 2 is 2.19 bits per heavy atom. The Morgan fingerprint density at radius 3 is 2.88 bits per heavy atom. The molecule has 0 amide bonds. The summed E-state index contributed by atoms with van der Waals surface area (Å²) in [6.07, 6.45) is 1.91. The standard InChI is InChI=1S/C20H19NO5/c1-2-12-3-5-13(6-4-12)9-24-10-16(22)25-17-14-7-15-18(17)26-19(23)20(15,8-14)11-21/h2-6,14-15,17-18H,1,7-10H2. The second kappa shape index (κ2) is 6.26. The molecule has 1 aromatic rings. The Labute approximate surface area is 151 Å². The van der Waals surface area contributed by atoms with E-state index >= 15 is 0 Å². The molecule has 0 radical (unpaired) electrons. The van der Waals surface area contributed by atoms with Gasteiger partial charge in [-0.15, -0.1) is 0 Å². The maximum Gasteiger partial charge on any atom is 0.332 e. The second-order valence-electron chi connectivity index (χ2n) is 7.15. The largest absolute Gasteiger partial charge is 0.457 e. The summed E-state index contributed by atoms with van der Waals surface area (Å²) in [6.45, 7) is 3.84. The summed E-state index contributed by atoms with van der Waals surface area (Å²) in [5, 5.41) is 9.38. The molecule has 6 nitrogen and oxygen atoms in total. The van der Waals surface area contributed by atoms with E-state index in [2.05, 4.69) is 12.6 Å². The fraction of sp³-hybridized carbons (Fsp3) is 0.450. The Balaban J connectivity index is 1.29. The smallest absolute Gasteiger partial charge is 0.332 e. The van der Waals surface area contributed by atoms with Crippen LogP contribution in [-0.2, 0) is 30.4 Å². The van der Waals surface area contributed by atoms with Gasteiger partial charge >= 0.3 is 11.9 Å². The zero-order chi connectivity index (χ0) is 18.3. The Morgan fingerprint density at radius 1 is 1.42 bits per heavy atom. The monoisotopic (exact) mass is 353 g/mol. The van der Waals surface area contributed by atoms with Crippen molar-refractivity contribution in [2.45, 2.75) is 31.7 Å². The lowest BCUT2D eigenvalue weighted by molar-refractivity contribution is -0.166. The molecule has 1 saturated heterocycles. The van der Waals surface area contributed by atoms with Crippen LogP contribution in [0.25, 0.3) is 6.08 Å². The van der Waals surface area contributed by atoms with E-state index in [-0.39, 0.29) is 18.4 Å². The molecule has 5 unspecified atom stereocenters. The average Bonchev–Trinajstić information content (AvgIpc) is 3.24. The first-order chi connectivity index (χ1) is 12.6. The summed E-state index contributed by atoms with van der Waals surface area (Å²) in [5.41, 5.74) is 0.947. The third-order valence-corrected chi connectivity index (χ3v) is 5.74. The summed E-state index contributed by atoms with van der Waals surface area (Å²) in [7, 11) is 0. The molecule has 2 saturated carbocycles. The van der Waals surface area contributed by atoms with E-state index in [1.165, 1.54) is 0 Å². The number of hydrogen-bond donors (Lipinski definition) is 0. The van der Waals surface area contributed by atoms with Crippen LogP contribution in [0.4, 0.5) is 0 Å². The van der Waals surface area contributed by atoms with Gasteiger partial charge in [0.1, 0.15) is 18.8 Å². The quantitative estimate of drug-likeness (QED) is 0.729. The highest BCUT2D eigenvalue weighted by atomic mass is 16.6. The van der Waals surface area contributed by atoms with Crippen molar-refractivity contribution in [1.29, 1.82) is 5.26 Å². The molecule has 0 aromatic heterocycles. The molecule has 1 aliphatic heterocycles. The molecule has 26 heavy (non-hydrogen) atoms. The van der Waals surface area contributed by atoms with Gasteiger partial charge in [-0.05, 0) is 24.0 Å². The van der Waals surface area contributed by atoms with E-state index in [0.29, 0.717) is 19.4 Å². The van der Waals surface area contributed by atoms with Crippen LogP contribution in [0.1, 0.15) is 24.0 Å². The highest BCUT2D eigenvalue weighted by Gasteiger charge is 2.72. The number of nitrogens with zero attached hydrogens (tertiary/aromatic N) is 1. The predicted molar refractivity (Wildman–Crippen MR) is 90.2 cm³/mol. The highest BCUT2D eigenvalue weighted by molar-refractivity contribution is 5.84. The number of benzene rings is 1. The van der Waals surface area contributed by atoms with Crippen LogP contribution in [0.3, 0.4) is 0 Å². The maximum atomic E-state index is 12.1. The Kier molecular flexibility index (Phi) is 4.04. The number of carbonyl (C=O) groups excluding carboxylic acids is 2. The number of nitriles is 1. The number of carbonyl (C=O) groups is 2. The predicted octanol–water partition coefficient (Wildman–Crippen LogP) is 2.23. The van der Waals surface area contributed by atoms with Crippen molar-refractivity contribution in [2.24, 2.45) is 17.3 Å². The molecule has 1 heterocycles. The zero-order valence-corrected chi connectivity index (χ0v) is 14.2. The van der Waals surface area contributed by atoms with Gasteiger partial charge in [-0.1, -0.05) is 36.9 Å². The van der Waals surface area contributed by atoms with Crippen LogP contribution >= 0.6 is 0 Å². The highest BCUT2D eigenvalue weighted by Crippen LogP contribution is 2.62. The molecule has 1 aromatic carbocycles. The van der Waals surface area contributed by atoms with Crippen molar-refractivity contribution in [3.63, 3.8) is 0 Å². The third kappa shape index (κ3) is 2.51. The molecule has 134 valence electrons. The lowest BCUT2D eigenvalue weighted by atomic mass is 9.75. The van der Waals surface area contributed by atoms with E-state index in [9.17, 15) is 14.9 Å². The molecular weight excluding hydrogens is 334 g/mol. The zero-order valence-electron chi connectivity index (χ0n) is 14.2. The van der Waals surface area contributed by atoms with E-state index in [4.69, 9.17) is 14.2 Å². The van der Waals surface area contributed by atoms with Crippen LogP contribution < -0.4 is 0 Å². The van der Waals surface area contributed by atoms with Gasteiger partial charge in [0, 0.05) is 11.8 Å². The molecule has 5 atom stereocenters. The van der Waals surface area contributed by atoms with Gasteiger partial charge in [-0.2, -0.15) is 5.26 Å². The molecule has 0 spiro atoms.